The lowest BCUT2D eigenvalue weighted by molar-refractivity contribution is -0.116. The van der Waals surface area contributed by atoms with E-state index in [9.17, 15) is 14.4 Å². The molecule has 0 saturated carbocycles. The summed E-state index contributed by atoms with van der Waals surface area (Å²) in [6, 6.07) is 30.9. The molecule has 4 aromatic carbocycles. The maximum Gasteiger partial charge on any atom is 0.272 e. The van der Waals surface area contributed by atoms with Gasteiger partial charge < -0.3 is 20.7 Å². The molecule has 0 aliphatic heterocycles. The molecule has 0 spiro atoms. The highest BCUT2D eigenvalue weighted by Gasteiger charge is 2.20. The minimum Gasteiger partial charge on any atom is -0.495 e. The van der Waals surface area contributed by atoms with E-state index in [1.807, 2.05) is 74.5 Å². The van der Waals surface area contributed by atoms with Crippen molar-refractivity contribution in [2.75, 3.05) is 17.7 Å². The number of ether oxygens (including phenoxy) is 1. The summed E-state index contributed by atoms with van der Waals surface area (Å²) < 4.78 is 5.35. The number of aryl methyl sites for hydroxylation is 1. The zero-order valence-corrected chi connectivity index (χ0v) is 24.5. The fourth-order valence-corrected chi connectivity index (χ4v) is 5.15. The molecule has 4 aromatic rings. The fourth-order valence-electron chi connectivity index (χ4n) is 4.14. The number of carbonyl (C=O) groups excluding carboxylic acids is 3. The summed E-state index contributed by atoms with van der Waals surface area (Å²) in [6.07, 6.45) is 2.26. The van der Waals surface area contributed by atoms with Gasteiger partial charge in [-0.3, -0.25) is 14.4 Å². The first-order chi connectivity index (χ1) is 20.4. The number of rotatable bonds is 11. The minimum absolute atomic E-state index is 0.110. The highest BCUT2D eigenvalue weighted by molar-refractivity contribution is 8.00. The first-order valence-corrected chi connectivity index (χ1v) is 14.4. The smallest absolute Gasteiger partial charge is 0.272 e. The second-order valence-electron chi connectivity index (χ2n) is 9.42. The predicted octanol–water partition coefficient (Wildman–Crippen LogP) is 6.92. The van der Waals surface area contributed by atoms with Crippen molar-refractivity contribution in [2.45, 2.75) is 30.4 Å². The molecule has 1 atom stereocenters. The average molecular weight is 580 g/mol. The van der Waals surface area contributed by atoms with Gasteiger partial charge in [-0.15, -0.1) is 11.8 Å². The van der Waals surface area contributed by atoms with E-state index in [0.717, 1.165) is 16.0 Å². The molecule has 0 radical (unpaired) electrons. The highest BCUT2D eigenvalue weighted by atomic mass is 32.2. The third kappa shape index (κ3) is 8.11. The summed E-state index contributed by atoms with van der Waals surface area (Å²) in [6.45, 7) is 3.89. The van der Waals surface area contributed by atoms with Crippen molar-refractivity contribution in [3.63, 3.8) is 0 Å². The van der Waals surface area contributed by atoms with Crippen molar-refractivity contribution < 1.29 is 19.1 Å². The van der Waals surface area contributed by atoms with Crippen LogP contribution in [-0.2, 0) is 9.59 Å². The summed E-state index contributed by atoms with van der Waals surface area (Å²) in [5, 5.41) is 8.26. The number of carbonyl (C=O) groups is 3. The Morgan fingerprint density at radius 2 is 1.57 bits per heavy atom. The molecule has 3 amide bonds. The number of methoxy groups -OCH3 is 1. The zero-order valence-electron chi connectivity index (χ0n) is 23.7. The van der Waals surface area contributed by atoms with E-state index in [4.69, 9.17) is 4.74 Å². The fraction of sp³-hybridized carbons (Fsp3) is 0.147. The van der Waals surface area contributed by atoms with Crippen LogP contribution in [0.5, 0.6) is 5.75 Å². The van der Waals surface area contributed by atoms with E-state index in [0.29, 0.717) is 29.1 Å². The van der Waals surface area contributed by atoms with Gasteiger partial charge in [0, 0.05) is 16.1 Å². The number of amides is 3. The van der Waals surface area contributed by atoms with Crippen LogP contribution in [-0.4, -0.2) is 30.1 Å². The number of anilines is 2. The van der Waals surface area contributed by atoms with Gasteiger partial charge in [-0.2, -0.15) is 0 Å². The van der Waals surface area contributed by atoms with Gasteiger partial charge in [-0.05, 0) is 73.0 Å². The lowest BCUT2D eigenvalue weighted by Gasteiger charge is -2.17. The van der Waals surface area contributed by atoms with E-state index < -0.39 is 5.91 Å². The molecule has 0 aliphatic carbocycles. The summed E-state index contributed by atoms with van der Waals surface area (Å²) in [7, 11) is 1.56. The van der Waals surface area contributed by atoms with Crippen LogP contribution in [0.3, 0.4) is 0 Å². The Morgan fingerprint density at radius 3 is 2.31 bits per heavy atom. The Kier molecular flexibility index (Phi) is 10.6. The van der Waals surface area contributed by atoms with Crippen LogP contribution >= 0.6 is 11.8 Å². The van der Waals surface area contributed by atoms with Gasteiger partial charge >= 0.3 is 0 Å². The van der Waals surface area contributed by atoms with Gasteiger partial charge in [0.25, 0.3) is 11.8 Å². The number of thioether (sulfide) groups is 1. The second kappa shape index (κ2) is 14.7. The van der Waals surface area contributed by atoms with Gasteiger partial charge in [0.05, 0.1) is 18.0 Å². The second-order valence-corrected chi connectivity index (χ2v) is 10.7. The van der Waals surface area contributed by atoms with E-state index >= 15 is 0 Å². The molecule has 1 unspecified atom stereocenters. The van der Waals surface area contributed by atoms with Gasteiger partial charge in [0.15, 0.2) is 0 Å². The first kappa shape index (κ1) is 30.1. The molecule has 0 heterocycles. The Hall–Kier alpha value is -4.82. The first-order valence-electron chi connectivity index (χ1n) is 13.5. The molecule has 214 valence electrons. The molecule has 0 aromatic heterocycles. The van der Waals surface area contributed by atoms with E-state index in [-0.39, 0.29) is 22.8 Å². The molecule has 0 fully saturated rings. The van der Waals surface area contributed by atoms with Crippen molar-refractivity contribution in [3.05, 3.63) is 126 Å². The molecular weight excluding hydrogens is 546 g/mol. The average Bonchev–Trinajstić information content (AvgIpc) is 3.01. The third-order valence-electron chi connectivity index (χ3n) is 6.42. The summed E-state index contributed by atoms with van der Waals surface area (Å²) in [5.41, 5.74) is 3.47. The summed E-state index contributed by atoms with van der Waals surface area (Å²) in [4.78, 5) is 40.3. The van der Waals surface area contributed by atoms with E-state index in [2.05, 4.69) is 16.0 Å². The summed E-state index contributed by atoms with van der Waals surface area (Å²) >= 11 is 1.40. The lowest BCUT2D eigenvalue weighted by atomic mass is 10.1. The Bertz CT molecular complexity index is 1590. The predicted molar refractivity (Wildman–Crippen MR) is 170 cm³/mol. The molecular formula is C34H33N3O4S. The number of para-hydroxylation sites is 2. The molecule has 0 bridgehead atoms. The number of nitrogens with one attached hydrogen (secondary N) is 3. The van der Waals surface area contributed by atoms with Crippen LogP contribution in [0.1, 0.15) is 34.8 Å². The Labute approximate surface area is 250 Å². The maximum atomic E-state index is 13.5. The Morgan fingerprint density at radius 1 is 0.857 bits per heavy atom. The van der Waals surface area contributed by atoms with Crippen LogP contribution in [0.25, 0.3) is 6.08 Å². The molecule has 42 heavy (non-hydrogen) atoms. The number of hydrogen-bond acceptors (Lipinski definition) is 5. The molecule has 0 aliphatic rings. The van der Waals surface area contributed by atoms with Gasteiger partial charge in [-0.25, -0.2) is 0 Å². The monoisotopic (exact) mass is 579 g/mol. The SMILES string of the molecule is CCC(Sc1cccc(NC(=O)/C(=C/c2ccccc2C)NC(=O)c2ccccc2)c1)C(=O)Nc1ccccc1OC. The highest BCUT2D eigenvalue weighted by Crippen LogP contribution is 2.30. The van der Waals surface area contributed by atoms with Gasteiger partial charge in [0.1, 0.15) is 11.4 Å². The normalized spacial score (nSPS) is 11.7. The maximum absolute atomic E-state index is 13.5. The third-order valence-corrected chi connectivity index (χ3v) is 7.77. The van der Waals surface area contributed by atoms with Crippen LogP contribution in [0.2, 0.25) is 0 Å². The molecule has 8 heteroatoms. The molecule has 0 saturated heterocycles. The molecule has 3 N–H and O–H groups in total. The van der Waals surface area contributed by atoms with Crippen LogP contribution in [0.4, 0.5) is 11.4 Å². The van der Waals surface area contributed by atoms with Crippen LogP contribution in [0, 0.1) is 6.92 Å². The van der Waals surface area contributed by atoms with Gasteiger partial charge in [-0.1, -0.05) is 67.6 Å². The molecule has 4 rings (SSSR count). The van der Waals surface area contributed by atoms with Crippen molar-refractivity contribution in [1.82, 2.24) is 5.32 Å². The lowest BCUT2D eigenvalue weighted by Crippen LogP contribution is -2.30. The van der Waals surface area contributed by atoms with Crippen molar-refractivity contribution in [3.8, 4) is 5.75 Å². The molecule has 7 nitrogen and oxygen atoms in total. The van der Waals surface area contributed by atoms with Crippen LogP contribution in [0.15, 0.2) is 114 Å². The number of hydrogen-bond donors (Lipinski definition) is 3. The van der Waals surface area contributed by atoms with E-state index in [1.165, 1.54) is 11.8 Å². The van der Waals surface area contributed by atoms with Crippen molar-refractivity contribution in [1.29, 1.82) is 0 Å². The van der Waals surface area contributed by atoms with Crippen molar-refractivity contribution in [2.24, 2.45) is 0 Å². The summed E-state index contributed by atoms with van der Waals surface area (Å²) in [5.74, 6) is -0.412. The van der Waals surface area contributed by atoms with Crippen LogP contribution < -0.4 is 20.7 Å². The quantitative estimate of drug-likeness (QED) is 0.132. The van der Waals surface area contributed by atoms with E-state index in [1.54, 1.807) is 55.7 Å². The number of benzene rings is 4. The largest absolute Gasteiger partial charge is 0.495 e. The topological polar surface area (TPSA) is 96.5 Å². The standard InChI is InChI=1S/C34H33N3O4S/c1-4-31(34(40)36-28-19-10-11-20-30(28)41-3)42-27-18-12-17-26(22-27)35-33(39)29(21-25-16-9-8-13-23(25)2)37-32(38)24-14-6-5-7-15-24/h5-22,31H,4H2,1-3H3,(H,35,39)(H,36,40)(H,37,38)/b29-21-. The van der Waals surface area contributed by atoms with Gasteiger partial charge in [0.2, 0.25) is 5.91 Å². The Balaban J connectivity index is 1.51. The van der Waals surface area contributed by atoms with Crippen molar-refractivity contribution >= 4 is 46.9 Å². The zero-order chi connectivity index (χ0) is 29.9. The minimum atomic E-state index is -0.467.